The largest absolute Gasteiger partial charge is 0.371 e. The minimum atomic E-state index is -1.78. The Labute approximate surface area is 109 Å². The summed E-state index contributed by atoms with van der Waals surface area (Å²) in [6.07, 6.45) is 0. The number of hydrogen-bond donors (Lipinski definition) is 1. The van der Waals surface area contributed by atoms with Crippen LogP contribution in [0.4, 0.5) is 0 Å². The van der Waals surface area contributed by atoms with Gasteiger partial charge in [0.05, 0.1) is 0 Å². The minimum Gasteiger partial charge on any atom is -0.371 e. The molecule has 0 saturated carbocycles. The van der Waals surface area contributed by atoms with Crippen molar-refractivity contribution in [3.8, 4) is 0 Å². The van der Waals surface area contributed by atoms with Crippen molar-refractivity contribution in [3.63, 3.8) is 0 Å². The highest BCUT2D eigenvalue weighted by Crippen LogP contribution is 2.34. The highest BCUT2D eigenvalue weighted by molar-refractivity contribution is 5.87. The molecule has 0 unspecified atom stereocenters. The predicted molar refractivity (Wildman–Crippen MR) is 69.7 cm³/mol. The van der Waals surface area contributed by atoms with E-state index in [1.165, 1.54) is 0 Å². The van der Waals surface area contributed by atoms with Crippen molar-refractivity contribution in [3.05, 3.63) is 76.7 Å². The van der Waals surface area contributed by atoms with Crippen LogP contribution >= 0.6 is 0 Å². The molecule has 5 nitrogen and oxygen atoms in total. The lowest BCUT2D eigenvalue weighted by Crippen LogP contribution is -2.38. The second-order valence-electron chi connectivity index (χ2n) is 3.94. The van der Waals surface area contributed by atoms with E-state index in [1.807, 2.05) is 0 Å². The average molecular weight is 256 g/mol. The van der Waals surface area contributed by atoms with E-state index in [9.17, 15) is 9.70 Å². The first-order chi connectivity index (χ1) is 9.25. The van der Waals surface area contributed by atoms with Gasteiger partial charge in [0.1, 0.15) is 0 Å². The fourth-order valence-electron chi connectivity index (χ4n) is 1.99. The van der Waals surface area contributed by atoms with Gasteiger partial charge >= 0.3 is 5.97 Å². The molecule has 0 aromatic heterocycles. The van der Waals surface area contributed by atoms with Gasteiger partial charge in [0.25, 0.3) is 5.54 Å². The van der Waals surface area contributed by atoms with Crippen LogP contribution in [0.3, 0.4) is 0 Å². The van der Waals surface area contributed by atoms with E-state index < -0.39 is 11.5 Å². The fraction of sp³-hybridized carbons (Fsp3) is 0.0714. The first-order valence-corrected chi connectivity index (χ1v) is 5.62. The molecule has 0 atom stereocenters. The fourth-order valence-corrected chi connectivity index (χ4v) is 1.99. The van der Waals surface area contributed by atoms with E-state index >= 15 is 0 Å². The van der Waals surface area contributed by atoms with Gasteiger partial charge in [-0.05, 0) is 16.3 Å². The van der Waals surface area contributed by atoms with Crippen molar-refractivity contribution in [2.24, 2.45) is 11.1 Å². The molecule has 2 aromatic rings. The molecule has 96 valence electrons. The van der Waals surface area contributed by atoms with E-state index in [1.54, 1.807) is 60.7 Å². The molecule has 2 N–H and O–H groups in total. The molecule has 0 spiro atoms. The van der Waals surface area contributed by atoms with Crippen molar-refractivity contribution in [2.75, 3.05) is 0 Å². The molecular weight excluding hydrogens is 244 g/mol. The number of benzene rings is 2. The lowest BCUT2D eigenvalue weighted by atomic mass is 9.84. The van der Waals surface area contributed by atoms with E-state index in [0.717, 1.165) is 0 Å². The summed E-state index contributed by atoms with van der Waals surface area (Å²) in [6, 6.07) is 16.9. The molecule has 0 aliphatic rings. The summed E-state index contributed by atoms with van der Waals surface area (Å²) in [4.78, 5) is 27.7. The maximum atomic E-state index is 12.0. The Hall–Kier alpha value is -2.53. The first-order valence-electron chi connectivity index (χ1n) is 5.62. The number of rotatable bonds is 4. The maximum absolute atomic E-state index is 12.0. The van der Waals surface area contributed by atoms with Crippen molar-refractivity contribution >= 4 is 5.97 Å². The number of nitroso groups, excluding NO2 is 1. The van der Waals surface area contributed by atoms with Crippen molar-refractivity contribution < 1.29 is 9.63 Å². The quantitative estimate of drug-likeness (QED) is 0.671. The Kier molecular flexibility index (Phi) is 3.68. The summed E-state index contributed by atoms with van der Waals surface area (Å²) in [5.41, 5.74) is -0.963. The van der Waals surface area contributed by atoms with Gasteiger partial charge in [0.15, 0.2) is 0 Å². The standard InChI is InChI=1S/C14H12N2O3/c15-19-13(17)14(16-18,11-7-3-1-4-8-11)12-9-5-2-6-10-12/h1-10H,15H2. The molecule has 0 heterocycles. The second kappa shape index (κ2) is 5.41. The lowest BCUT2D eigenvalue weighted by Gasteiger charge is -2.23. The molecule has 5 heteroatoms. The number of nitrogens with two attached hydrogens (primary N) is 1. The molecule has 0 aliphatic heterocycles. The predicted octanol–water partition coefficient (Wildman–Crippen LogP) is 2.11. The molecule has 0 aliphatic carbocycles. The zero-order valence-electron chi connectivity index (χ0n) is 10.0. The molecule has 2 rings (SSSR count). The third kappa shape index (κ3) is 2.11. The zero-order chi connectivity index (χ0) is 13.7. The smallest absolute Gasteiger partial charge is 0.365 e. The highest BCUT2D eigenvalue weighted by atomic mass is 16.7. The number of hydrogen-bond acceptors (Lipinski definition) is 5. The van der Waals surface area contributed by atoms with Crippen LogP contribution in [-0.4, -0.2) is 5.97 Å². The SMILES string of the molecule is NOC(=O)C(N=O)(c1ccccc1)c1ccccc1. The summed E-state index contributed by atoms with van der Waals surface area (Å²) in [6.45, 7) is 0. The summed E-state index contributed by atoms with van der Waals surface area (Å²) in [5, 5.41) is 3.03. The van der Waals surface area contributed by atoms with Gasteiger partial charge in [-0.3, -0.25) is 0 Å². The van der Waals surface area contributed by atoms with Crippen LogP contribution in [0, 0.1) is 4.91 Å². The molecule has 0 radical (unpaired) electrons. The normalized spacial score (nSPS) is 10.8. The van der Waals surface area contributed by atoms with E-state index in [-0.39, 0.29) is 0 Å². The van der Waals surface area contributed by atoms with Gasteiger partial charge in [-0.1, -0.05) is 60.7 Å². The Balaban J connectivity index is 2.69. The second-order valence-corrected chi connectivity index (χ2v) is 3.94. The minimum absolute atomic E-state index is 0.409. The third-order valence-corrected chi connectivity index (χ3v) is 2.92. The van der Waals surface area contributed by atoms with Gasteiger partial charge in [-0.2, -0.15) is 5.90 Å². The average Bonchev–Trinajstić information content (AvgIpc) is 2.50. The Morgan fingerprint density at radius 1 is 0.947 bits per heavy atom. The van der Waals surface area contributed by atoms with Crippen LogP contribution in [0.5, 0.6) is 0 Å². The van der Waals surface area contributed by atoms with E-state index in [2.05, 4.69) is 10.0 Å². The number of carbonyl (C=O) groups excluding carboxylic acids is 1. The molecular formula is C14H12N2O3. The molecule has 0 fully saturated rings. The van der Waals surface area contributed by atoms with Crippen LogP contribution in [-0.2, 0) is 15.2 Å². The van der Waals surface area contributed by atoms with Crippen LogP contribution in [0.25, 0.3) is 0 Å². The first kappa shape index (κ1) is 12.9. The van der Waals surface area contributed by atoms with Crippen LogP contribution in [0.15, 0.2) is 65.8 Å². The molecule has 0 saturated heterocycles. The van der Waals surface area contributed by atoms with Crippen LogP contribution < -0.4 is 5.90 Å². The maximum Gasteiger partial charge on any atom is 0.365 e. The summed E-state index contributed by atoms with van der Waals surface area (Å²) < 4.78 is 0. The number of carbonyl (C=O) groups is 1. The van der Waals surface area contributed by atoms with Gasteiger partial charge in [0.2, 0.25) is 0 Å². The summed E-state index contributed by atoms with van der Waals surface area (Å²) >= 11 is 0. The zero-order valence-corrected chi connectivity index (χ0v) is 10.0. The number of nitrogens with zero attached hydrogens (tertiary/aromatic N) is 1. The van der Waals surface area contributed by atoms with Crippen molar-refractivity contribution in [1.29, 1.82) is 0 Å². The lowest BCUT2D eigenvalue weighted by molar-refractivity contribution is -0.149. The van der Waals surface area contributed by atoms with Crippen molar-refractivity contribution in [1.82, 2.24) is 0 Å². The van der Waals surface area contributed by atoms with Gasteiger partial charge in [-0.25, -0.2) is 4.79 Å². The highest BCUT2D eigenvalue weighted by Gasteiger charge is 2.46. The van der Waals surface area contributed by atoms with E-state index in [0.29, 0.717) is 11.1 Å². The van der Waals surface area contributed by atoms with Crippen LogP contribution in [0.2, 0.25) is 0 Å². The third-order valence-electron chi connectivity index (χ3n) is 2.92. The van der Waals surface area contributed by atoms with Crippen LogP contribution in [0.1, 0.15) is 11.1 Å². The Morgan fingerprint density at radius 2 is 1.37 bits per heavy atom. The Morgan fingerprint density at radius 3 is 1.68 bits per heavy atom. The molecule has 19 heavy (non-hydrogen) atoms. The van der Waals surface area contributed by atoms with E-state index in [4.69, 9.17) is 5.90 Å². The van der Waals surface area contributed by atoms with Gasteiger partial charge in [-0.15, -0.1) is 4.91 Å². The molecule has 2 aromatic carbocycles. The molecule has 0 bridgehead atoms. The summed E-state index contributed by atoms with van der Waals surface area (Å²) in [5.74, 6) is 4.04. The van der Waals surface area contributed by atoms with Crippen molar-refractivity contribution in [2.45, 2.75) is 5.54 Å². The van der Waals surface area contributed by atoms with Gasteiger partial charge in [0, 0.05) is 0 Å². The monoisotopic (exact) mass is 256 g/mol. The Bertz CT molecular complexity index is 530. The topological polar surface area (TPSA) is 81.8 Å². The molecule has 0 amide bonds. The van der Waals surface area contributed by atoms with Gasteiger partial charge < -0.3 is 4.84 Å². The summed E-state index contributed by atoms with van der Waals surface area (Å²) in [7, 11) is 0.